The number of aromatic nitrogens is 3. The highest BCUT2D eigenvalue weighted by Crippen LogP contribution is 2.14. The summed E-state index contributed by atoms with van der Waals surface area (Å²) < 4.78 is 41.6. The largest absolute Gasteiger partial charge is 0.411 e. The van der Waals surface area contributed by atoms with Crippen LogP contribution in [0.4, 0.5) is 13.2 Å². The highest BCUT2D eigenvalue weighted by Gasteiger charge is 2.27. The van der Waals surface area contributed by atoms with E-state index in [-0.39, 0.29) is 30.6 Å². The fourth-order valence-corrected chi connectivity index (χ4v) is 1.43. The Morgan fingerprint density at radius 3 is 2.68 bits per heavy atom. The lowest BCUT2D eigenvalue weighted by molar-refractivity contribution is -0.173. The lowest BCUT2D eigenvalue weighted by Gasteiger charge is -2.12. The minimum atomic E-state index is -4.28. The minimum absolute atomic E-state index is 0. The first kappa shape index (κ1) is 20.9. The third-order valence-corrected chi connectivity index (χ3v) is 2.47. The maximum atomic E-state index is 11.8. The van der Waals surface area contributed by atoms with Gasteiger partial charge in [-0.05, 0) is 6.42 Å². The van der Waals surface area contributed by atoms with Gasteiger partial charge in [0.2, 0.25) is 0 Å². The summed E-state index contributed by atoms with van der Waals surface area (Å²) in [4.78, 5) is 8.04. The molecule has 11 heteroatoms. The fourth-order valence-electron chi connectivity index (χ4n) is 1.43. The first-order valence-electron chi connectivity index (χ1n) is 6.34. The molecule has 0 radical (unpaired) electrons. The first-order valence-corrected chi connectivity index (χ1v) is 6.34. The van der Waals surface area contributed by atoms with Gasteiger partial charge in [-0.2, -0.15) is 18.3 Å². The van der Waals surface area contributed by atoms with Gasteiger partial charge in [0.15, 0.2) is 5.96 Å². The number of nitrogens with one attached hydrogen (secondary N) is 2. The summed E-state index contributed by atoms with van der Waals surface area (Å²) in [6.45, 7) is -0.282. The molecule has 0 aliphatic carbocycles. The maximum absolute atomic E-state index is 11.8. The SMILES string of the molecule is CN=C(NCCCOCC(F)(F)F)NCc1ncnn1C.I. The van der Waals surface area contributed by atoms with E-state index in [4.69, 9.17) is 0 Å². The first-order chi connectivity index (χ1) is 9.92. The molecule has 0 saturated heterocycles. The van der Waals surface area contributed by atoms with Crippen LogP contribution in [-0.2, 0) is 18.3 Å². The van der Waals surface area contributed by atoms with Gasteiger partial charge in [-0.25, -0.2) is 4.98 Å². The molecule has 0 saturated carbocycles. The Morgan fingerprint density at radius 2 is 2.14 bits per heavy atom. The highest BCUT2D eigenvalue weighted by molar-refractivity contribution is 14.0. The quantitative estimate of drug-likeness (QED) is 0.290. The number of guanidine groups is 1. The van der Waals surface area contributed by atoms with Crippen molar-refractivity contribution >= 4 is 29.9 Å². The Labute approximate surface area is 143 Å². The average molecular weight is 436 g/mol. The summed E-state index contributed by atoms with van der Waals surface area (Å²) >= 11 is 0. The number of hydrogen-bond donors (Lipinski definition) is 2. The zero-order valence-electron chi connectivity index (χ0n) is 12.4. The Morgan fingerprint density at radius 1 is 1.41 bits per heavy atom. The van der Waals surface area contributed by atoms with E-state index in [1.807, 2.05) is 0 Å². The van der Waals surface area contributed by atoms with Gasteiger partial charge < -0.3 is 15.4 Å². The zero-order chi connectivity index (χ0) is 15.7. The Balaban J connectivity index is 0.00000441. The molecule has 1 aromatic rings. The van der Waals surface area contributed by atoms with Gasteiger partial charge in [-0.1, -0.05) is 0 Å². The minimum Gasteiger partial charge on any atom is -0.372 e. The summed E-state index contributed by atoms with van der Waals surface area (Å²) in [7, 11) is 3.38. The lowest BCUT2D eigenvalue weighted by Crippen LogP contribution is -2.38. The zero-order valence-corrected chi connectivity index (χ0v) is 14.7. The molecule has 1 aromatic heterocycles. The molecule has 0 fully saturated rings. The molecule has 2 N–H and O–H groups in total. The van der Waals surface area contributed by atoms with E-state index in [9.17, 15) is 13.2 Å². The highest BCUT2D eigenvalue weighted by atomic mass is 127. The van der Waals surface area contributed by atoms with Crippen molar-refractivity contribution in [3.8, 4) is 0 Å². The molecule has 0 amide bonds. The lowest BCUT2D eigenvalue weighted by atomic mass is 10.4. The van der Waals surface area contributed by atoms with Gasteiger partial charge in [-0.3, -0.25) is 9.67 Å². The van der Waals surface area contributed by atoms with Crippen LogP contribution >= 0.6 is 24.0 Å². The van der Waals surface area contributed by atoms with Crippen molar-refractivity contribution in [2.24, 2.45) is 12.0 Å². The predicted octanol–water partition coefficient (Wildman–Crippen LogP) is 1.07. The molecule has 0 bridgehead atoms. The van der Waals surface area contributed by atoms with Crippen LogP contribution in [0, 0.1) is 0 Å². The molecule has 7 nitrogen and oxygen atoms in total. The third kappa shape index (κ3) is 9.02. The van der Waals surface area contributed by atoms with Gasteiger partial charge >= 0.3 is 6.18 Å². The Bertz CT molecular complexity index is 451. The number of aryl methyl sites for hydroxylation is 1. The molecule has 0 aliphatic heterocycles. The van der Waals surface area contributed by atoms with E-state index in [0.717, 1.165) is 5.82 Å². The van der Waals surface area contributed by atoms with Gasteiger partial charge in [0.05, 0.1) is 6.54 Å². The van der Waals surface area contributed by atoms with Crippen LogP contribution in [0.15, 0.2) is 11.3 Å². The molecule has 0 aromatic carbocycles. The standard InChI is InChI=1S/C11H19F3N6O.HI/c1-15-10(17-6-9-18-8-19-20(9)2)16-4-3-5-21-7-11(12,13)14;/h8H,3-7H2,1-2H3,(H2,15,16,17);1H. The summed E-state index contributed by atoms with van der Waals surface area (Å²) in [5.74, 6) is 1.28. The molecular weight excluding hydrogens is 416 g/mol. The van der Waals surface area contributed by atoms with E-state index in [2.05, 4.69) is 30.4 Å². The molecule has 0 aliphatic rings. The summed E-state index contributed by atoms with van der Waals surface area (Å²) in [5.41, 5.74) is 0. The van der Waals surface area contributed by atoms with Crippen LogP contribution in [0.2, 0.25) is 0 Å². The van der Waals surface area contributed by atoms with Crippen molar-refractivity contribution in [3.05, 3.63) is 12.2 Å². The van der Waals surface area contributed by atoms with Crippen LogP contribution in [0.25, 0.3) is 0 Å². The number of alkyl halides is 3. The number of nitrogens with zero attached hydrogens (tertiary/aromatic N) is 4. The summed E-state index contributed by atoms with van der Waals surface area (Å²) in [6, 6.07) is 0. The number of ether oxygens (including phenoxy) is 1. The topological polar surface area (TPSA) is 76.4 Å². The number of hydrogen-bond acceptors (Lipinski definition) is 4. The van der Waals surface area contributed by atoms with Gasteiger partial charge in [0, 0.05) is 27.2 Å². The van der Waals surface area contributed by atoms with Gasteiger partial charge in [0.1, 0.15) is 18.8 Å². The van der Waals surface area contributed by atoms with Gasteiger partial charge in [0.25, 0.3) is 0 Å². The molecule has 1 rings (SSSR count). The van der Waals surface area contributed by atoms with Crippen molar-refractivity contribution in [1.29, 1.82) is 0 Å². The fraction of sp³-hybridized carbons (Fsp3) is 0.727. The van der Waals surface area contributed by atoms with Crippen LogP contribution in [-0.4, -0.2) is 53.7 Å². The van der Waals surface area contributed by atoms with E-state index in [1.54, 1.807) is 18.8 Å². The monoisotopic (exact) mass is 436 g/mol. The van der Waals surface area contributed by atoms with Crippen molar-refractivity contribution in [2.75, 3.05) is 26.8 Å². The normalized spacial score (nSPS) is 12.0. The van der Waals surface area contributed by atoms with Crippen molar-refractivity contribution in [3.63, 3.8) is 0 Å². The van der Waals surface area contributed by atoms with Crippen LogP contribution < -0.4 is 10.6 Å². The maximum Gasteiger partial charge on any atom is 0.411 e. The van der Waals surface area contributed by atoms with Crippen LogP contribution in [0.5, 0.6) is 0 Å². The van der Waals surface area contributed by atoms with Gasteiger partial charge in [-0.15, -0.1) is 24.0 Å². The molecule has 0 atom stereocenters. The van der Waals surface area contributed by atoms with Crippen molar-refractivity contribution < 1.29 is 17.9 Å². The van der Waals surface area contributed by atoms with Crippen molar-refractivity contribution in [2.45, 2.75) is 19.1 Å². The van der Waals surface area contributed by atoms with Crippen LogP contribution in [0.3, 0.4) is 0 Å². The second kappa shape index (κ2) is 10.6. The molecule has 0 spiro atoms. The predicted molar refractivity (Wildman–Crippen MR) is 86.1 cm³/mol. The Hall–Kier alpha value is -1.11. The smallest absolute Gasteiger partial charge is 0.372 e. The summed E-state index contributed by atoms with van der Waals surface area (Å²) in [6.07, 6.45) is -2.38. The van der Waals surface area contributed by atoms with Crippen LogP contribution in [0.1, 0.15) is 12.2 Å². The molecular formula is C11H20F3IN6O. The molecule has 0 unspecified atom stereocenters. The number of rotatable bonds is 7. The third-order valence-electron chi connectivity index (χ3n) is 2.47. The van der Waals surface area contributed by atoms with E-state index < -0.39 is 12.8 Å². The molecule has 22 heavy (non-hydrogen) atoms. The Kier molecular flexibility index (Phi) is 10.1. The van der Waals surface area contributed by atoms with E-state index in [1.165, 1.54) is 6.33 Å². The second-order valence-electron chi connectivity index (χ2n) is 4.17. The van der Waals surface area contributed by atoms with E-state index in [0.29, 0.717) is 25.5 Å². The van der Waals surface area contributed by atoms with E-state index >= 15 is 0 Å². The summed E-state index contributed by atoms with van der Waals surface area (Å²) in [5, 5.41) is 9.92. The van der Waals surface area contributed by atoms with Crippen molar-refractivity contribution in [1.82, 2.24) is 25.4 Å². The number of halogens is 4. The number of aliphatic imine (C=N–C) groups is 1. The average Bonchev–Trinajstić information content (AvgIpc) is 2.81. The molecule has 1 heterocycles. The second-order valence-corrected chi connectivity index (χ2v) is 4.17. The molecule has 128 valence electrons.